The van der Waals surface area contributed by atoms with Crippen LogP contribution < -0.4 is 0 Å². The SMILES string of the molecule is CCCCCCCC[N-]CCCCCCCC.CCCCCCCC[N-]CCCCCCCC.CCCCCCCC[N-]CCCCCCCC.[C-]1=CC=CC1.[CH2-]CN(CC)CC.[Ti+3]. The largest absolute Gasteiger partial charge is 3.00 e. The second-order valence-electron chi connectivity index (χ2n) is 18.1. The number of hydrogen-bond acceptors (Lipinski definition) is 1. The van der Waals surface area contributed by atoms with Gasteiger partial charge in [-0.05, 0) is 13.1 Å². The van der Waals surface area contributed by atoms with Crippen LogP contribution >= 0.6 is 0 Å². The minimum atomic E-state index is 0. The molecule has 0 heterocycles. The van der Waals surface area contributed by atoms with Crippen molar-refractivity contribution in [1.82, 2.24) is 4.90 Å². The van der Waals surface area contributed by atoms with Gasteiger partial charge in [0.2, 0.25) is 0 Å². The summed E-state index contributed by atoms with van der Waals surface area (Å²) in [7, 11) is 0. The Kier molecular flexibility index (Phi) is 88.1. The summed E-state index contributed by atoms with van der Waals surface area (Å²) in [4.78, 5) is 2.26. The molecular formula is C59H121N4Ti-2. The molecule has 0 amide bonds. The van der Waals surface area contributed by atoms with Crippen molar-refractivity contribution in [3.05, 3.63) is 47.2 Å². The van der Waals surface area contributed by atoms with Gasteiger partial charge in [-0.3, -0.25) is 6.08 Å². The first-order chi connectivity index (χ1) is 31.1. The van der Waals surface area contributed by atoms with Crippen LogP contribution in [-0.4, -0.2) is 63.8 Å². The Hall–Kier alpha value is 0.0343. The number of allylic oxidation sites excluding steroid dienone is 4. The monoisotopic (exact) mass is 934 g/mol. The Morgan fingerprint density at radius 3 is 0.703 bits per heavy atom. The minimum Gasteiger partial charge on any atom is -0.662 e. The van der Waals surface area contributed by atoms with Gasteiger partial charge in [-0.15, -0.1) is 52.2 Å². The summed E-state index contributed by atoms with van der Waals surface area (Å²) in [6.07, 6.45) is 59.9. The van der Waals surface area contributed by atoms with E-state index in [2.05, 4.69) is 95.3 Å². The molecule has 0 unspecified atom stereocenters. The van der Waals surface area contributed by atoms with Crippen molar-refractivity contribution < 1.29 is 21.7 Å². The fourth-order valence-corrected chi connectivity index (χ4v) is 7.24. The second kappa shape index (κ2) is 77.3. The third-order valence-electron chi connectivity index (χ3n) is 11.8. The molecule has 5 heteroatoms. The fraction of sp³-hybridized carbons (Fsp3) is 0.915. The van der Waals surface area contributed by atoms with Gasteiger partial charge in [0.15, 0.2) is 0 Å². The van der Waals surface area contributed by atoms with Gasteiger partial charge >= 0.3 is 21.7 Å². The van der Waals surface area contributed by atoms with Gasteiger partial charge in [0, 0.05) is 0 Å². The number of unbranched alkanes of at least 4 members (excludes halogenated alkanes) is 30. The van der Waals surface area contributed by atoms with E-state index < -0.39 is 0 Å². The summed E-state index contributed by atoms with van der Waals surface area (Å²) in [5.74, 6) is 0. The summed E-state index contributed by atoms with van der Waals surface area (Å²) < 4.78 is 0. The molecule has 0 aromatic carbocycles. The predicted molar refractivity (Wildman–Crippen MR) is 294 cm³/mol. The van der Waals surface area contributed by atoms with Crippen LogP contribution in [0.1, 0.15) is 293 Å². The van der Waals surface area contributed by atoms with Crippen LogP contribution in [0.25, 0.3) is 16.0 Å². The molecule has 1 radical (unpaired) electrons. The van der Waals surface area contributed by atoms with Crippen LogP contribution in [0.3, 0.4) is 0 Å². The van der Waals surface area contributed by atoms with Crippen molar-refractivity contribution in [2.24, 2.45) is 0 Å². The molecule has 0 aromatic heterocycles. The van der Waals surface area contributed by atoms with Crippen molar-refractivity contribution in [1.29, 1.82) is 0 Å². The molecule has 0 N–H and O–H groups in total. The van der Waals surface area contributed by atoms with Crippen LogP contribution in [0.15, 0.2) is 18.2 Å². The summed E-state index contributed by atoms with van der Waals surface area (Å²) in [5, 5.41) is 13.8. The van der Waals surface area contributed by atoms with Gasteiger partial charge < -0.3 is 27.8 Å². The summed E-state index contributed by atoms with van der Waals surface area (Å²) >= 11 is 0. The molecule has 0 aromatic rings. The maximum atomic E-state index is 4.61. The third kappa shape index (κ3) is 82.2. The first-order valence-corrected chi connectivity index (χ1v) is 28.7. The predicted octanol–water partition coefficient (Wildman–Crippen LogP) is 20.7. The van der Waals surface area contributed by atoms with E-state index in [9.17, 15) is 0 Å². The van der Waals surface area contributed by atoms with E-state index in [0.29, 0.717) is 0 Å². The van der Waals surface area contributed by atoms with E-state index in [1.807, 2.05) is 12.2 Å². The van der Waals surface area contributed by atoms with Crippen LogP contribution in [0.4, 0.5) is 0 Å². The van der Waals surface area contributed by atoms with Crippen molar-refractivity contribution in [3.8, 4) is 0 Å². The first-order valence-electron chi connectivity index (χ1n) is 28.7. The molecule has 0 aliphatic heterocycles. The Labute approximate surface area is 423 Å². The smallest absolute Gasteiger partial charge is 0.662 e. The van der Waals surface area contributed by atoms with Gasteiger partial charge in [0.25, 0.3) is 0 Å². The number of nitrogens with zero attached hydrogens (tertiary/aromatic N) is 4. The van der Waals surface area contributed by atoms with Crippen LogP contribution in [0.2, 0.25) is 0 Å². The molecule has 0 saturated carbocycles. The second-order valence-corrected chi connectivity index (χ2v) is 18.1. The van der Waals surface area contributed by atoms with Gasteiger partial charge in [-0.2, -0.15) is 6.08 Å². The number of rotatable bonds is 45. The molecule has 1 aliphatic rings. The van der Waals surface area contributed by atoms with Crippen molar-refractivity contribution in [3.63, 3.8) is 0 Å². The minimum absolute atomic E-state index is 0. The molecular weight excluding hydrogens is 813 g/mol. The van der Waals surface area contributed by atoms with Crippen LogP contribution in [0.5, 0.6) is 0 Å². The Morgan fingerprint density at radius 1 is 0.359 bits per heavy atom. The van der Waals surface area contributed by atoms with Crippen molar-refractivity contribution >= 4 is 0 Å². The van der Waals surface area contributed by atoms with E-state index in [-0.39, 0.29) is 21.7 Å². The molecule has 0 fully saturated rings. The van der Waals surface area contributed by atoms with Crippen molar-refractivity contribution in [2.45, 2.75) is 293 Å². The maximum absolute atomic E-state index is 4.61. The van der Waals surface area contributed by atoms with Gasteiger partial charge in [0.1, 0.15) is 0 Å². The fourth-order valence-electron chi connectivity index (χ4n) is 7.24. The summed E-state index contributed by atoms with van der Waals surface area (Å²) in [6, 6.07) is 0. The topological polar surface area (TPSA) is 45.5 Å². The maximum Gasteiger partial charge on any atom is 3.00 e. The quantitative estimate of drug-likeness (QED) is 0.0341. The zero-order chi connectivity index (χ0) is 47.1. The zero-order valence-electron chi connectivity index (χ0n) is 45.8. The Bertz CT molecular complexity index is 626. The molecule has 0 atom stereocenters. The van der Waals surface area contributed by atoms with Crippen molar-refractivity contribution in [2.75, 3.05) is 58.9 Å². The molecule has 383 valence electrons. The average Bonchev–Trinajstić information content (AvgIpc) is 3.91. The van der Waals surface area contributed by atoms with Gasteiger partial charge in [-0.25, -0.2) is 12.2 Å². The first kappa shape index (κ1) is 73.0. The molecule has 0 saturated heterocycles. The Balaban J connectivity index is -0.000000238. The summed E-state index contributed by atoms with van der Waals surface area (Å²) in [6.45, 7) is 31.6. The molecule has 1 rings (SSSR count). The van der Waals surface area contributed by atoms with E-state index in [1.54, 1.807) is 0 Å². The molecule has 1 aliphatic carbocycles. The van der Waals surface area contributed by atoms with E-state index >= 15 is 0 Å². The van der Waals surface area contributed by atoms with Crippen LogP contribution in [0, 0.1) is 13.0 Å². The van der Waals surface area contributed by atoms with Gasteiger partial charge in [-0.1, -0.05) is 287 Å². The van der Waals surface area contributed by atoms with Gasteiger partial charge in [0.05, 0.1) is 0 Å². The average molecular weight is 935 g/mol. The molecule has 0 spiro atoms. The standard InChI is InChI=1S/3C16H34N.C6H14N.C5H5.Ti/c3*1-3-5-7-9-11-13-15-17-16-14-12-10-8-6-4-2;1-4-7(5-2)6-3;1-2-4-5-3-1;/h3*3-16H2,1-2H3;1,4-6H2,2-3H3;1-3H,4H2;/q5*-1;+3. The zero-order valence-corrected chi connectivity index (χ0v) is 47.3. The third-order valence-corrected chi connectivity index (χ3v) is 11.8. The van der Waals surface area contributed by atoms with E-state index in [1.165, 1.54) is 231 Å². The molecule has 0 bridgehead atoms. The van der Waals surface area contributed by atoms with E-state index in [4.69, 9.17) is 0 Å². The normalized spacial score (nSPS) is 11.2. The summed E-state index contributed by atoms with van der Waals surface area (Å²) in [5.41, 5.74) is 0. The molecule has 64 heavy (non-hydrogen) atoms. The van der Waals surface area contributed by atoms with Crippen LogP contribution in [-0.2, 0) is 21.7 Å². The van der Waals surface area contributed by atoms with E-state index in [0.717, 1.165) is 65.3 Å². The molecule has 4 nitrogen and oxygen atoms in total. The Morgan fingerprint density at radius 2 is 0.578 bits per heavy atom. The number of hydrogen-bond donors (Lipinski definition) is 0.